The summed E-state index contributed by atoms with van der Waals surface area (Å²) in [4.78, 5) is 30.4. The number of aromatic nitrogens is 2. The molecular formula is C13H19N3O4. The molecule has 0 radical (unpaired) electrons. The Kier molecular flexibility index (Phi) is 4.08. The van der Waals surface area contributed by atoms with E-state index in [0.29, 0.717) is 5.82 Å². The van der Waals surface area contributed by atoms with E-state index in [1.165, 1.54) is 0 Å². The zero-order chi connectivity index (χ0) is 14.8. The number of aromatic amines is 1. The Morgan fingerprint density at radius 3 is 2.65 bits per heavy atom. The lowest BCUT2D eigenvalue weighted by atomic mass is 9.79. The van der Waals surface area contributed by atoms with E-state index in [1.807, 2.05) is 0 Å². The molecule has 0 aromatic carbocycles. The van der Waals surface area contributed by atoms with Crippen LogP contribution >= 0.6 is 0 Å². The molecular weight excluding hydrogens is 262 g/mol. The highest BCUT2D eigenvalue weighted by Gasteiger charge is 2.41. The molecule has 1 aliphatic rings. The number of hydrogen-bond donors (Lipinski definition) is 2. The lowest BCUT2D eigenvalue weighted by molar-refractivity contribution is -0.142. The maximum absolute atomic E-state index is 12.1. The van der Waals surface area contributed by atoms with Crippen LogP contribution in [0, 0.1) is 0 Å². The van der Waals surface area contributed by atoms with Gasteiger partial charge in [0.15, 0.2) is 0 Å². The van der Waals surface area contributed by atoms with Crippen LogP contribution in [0.3, 0.4) is 0 Å². The molecule has 1 fully saturated rings. The van der Waals surface area contributed by atoms with Crippen molar-refractivity contribution in [2.45, 2.75) is 38.2 Å². The zero-order valence-electron chi connectivity index (χ0n) is 11.7. The number of nitrogens with two attached hydrogens (primary N) is 1. The molecule has 0 bridgehead atoms. The largest absolute Gasteiger partial charge is 0.466 e. The predicted octanol–water partition coefficient (Wildman–Crippen LogP) is 0.483. The zero-order valence-corrected chi connectivity index (χ0v) is 11.7. The Hall–Kier alpha value is -1.89. The number of anilines is 1. The smallest absolute Gasteiger partial charge is 0.310 e. The summed E-state index contributed by atoms with van der Waals surface area (Å²) < 4.78 is 10.3. The topological polar surface area (TPSA) is 107 Å². The molecule has 20 heavy (non-hydrogen) atoms. The van der Waals surface area contributed by atoms with Gasteiger partial charge in [0.25, 0.3) is 5.56 Å². The number of methoxy groups -OCH3 is 1. The van der Waals surface area contributed by atoms with E-state index in [4.69, 9.17) is 15.2 Å². The van der Waals surface area contributed by atoms with Crippen molar-refractivity contribution < 1.29 is 14.3 Å². The third-order valence-corrected chi connectivity index (χ3v) is 3.66. The van der Waals surface area contributed by atoms with E-state index in [0.717, 1.165) is 19.3 Å². The minimum atomic E-state index is -0.546. The second-order valence-corrected chi connectivity index (χ2v) is 4.81. The first kappa shape index (κ1) is 14.5. The number of hydrogen-bond acceptors (Lipinski definition) is 6. The highest BCUT2D eigenvalue weighted by Crippen LogP contribution is 2.42. The summed E-state index contributed by atoms with van der Waals surface area (Å²) in [5.74, 6) is -0.00849. The summed E-state index contributed by atoms with van der Waals surface area (Å²) in [6.45, 7) is 1.96. The number of H-pyrrole nitrogens is 1. The molecule has 0 amide bonds. The number of ether oxygens (including phenoxy) is 2. The lowest BCUT2D eigenvalue weighted by Gasteiger charge is -2.39. The number of esters is 1. The van der Waals surface area contributed by atoms with E-state index in [2.05, 4.69) is 9.97 Å². The van der Waals surface area contributed by atoms with Crippen molar-refractivity contribution in [3.8, 4) is 0 Å². The summed E-state index contributed by atoms with van der Waals surface area (Å²) in [5.41, 5.74) is 4.98. The Balaban J connectivity index is 2.30. The monoisotopic (exact) mass is 281 g/mol. The van der Waals surface area contributed by atoms with Gasteiger partial charge < -0.3 is 20.2 Å². The second kappa shape index (κ2) is 5.62. The van der Waals surface area contributed by atoms with Crippen LogP contribution in [0.1, 0.15) is 37.6 Å². The molecule has 1 saturated carbocycles. The molecule has 0 saturated heterocycles. The highest BCUT2D eigenvalue weighted by molar-refractivity contribution is 5.74. The van der Waals surface area contributed by atoms with Gasteiger partial charge in [0.1, 0.15) is 17.2 Å². The molecule has 3 N–H and O–H groups in total. The van der Waals surface area contributed by atoms with Crippen molar-refractivity contribution in [1.29, 1.82) is 0 Å². The fraction of sp³-hybridized carbons (Fsp3) is 0.615. The highest BCUT2D eigenvalue weighted by atomic mass is 16.5. The molecule has 0 unspecified atom stereocenters. The molecule has 1 aliphatic carbocycles. The van der Waals surface area contributed by atoms with E-state index in [1.54, 1.807) is 14.0 Å². The fourth-order valence-electron chi connectivity index (χ4n) is 2.29. The van der Waals surface area contributed by atoms with Gasteiger partial charge in [-0.3, -0.25) is 9.59 Å². The van der Waals surface area contributed by atoms with Gasteiger partial charge in [-0.15, -0.1) is 0 Å². The molecule has 0 atom stereocenters. The van der Waals surface area contributed by atoms with Crippen molar-refractivity contribution in [3.05, 3.63) is 21.7 Å². The van der Waals surface area contributed by atoms with Gasteiger partial charge in [0, 0.05) is 7.11 Å². The molecule has 2 rings (SSSR count). The third-order valence-electron chi connectivity index (χ3n) is 3.66. The number of nitrogen functional groups attached to an aromatic ring is 1. The maximum Gasteiger partial charge on any atom is 0.310 e. The minimum Gasteiger partial charge on any atom is -0.466 e. The quantitative estimate of drug-likeness (QED) is 0.760. The lowest BCUT2D eigenvalue weighted by Crippen LogP contribution is -2.40. The molecule has 110 valence electrons. The SMILES string of the molecule is CCOC(=O)Cc1c(N)nc(C2(OC)CCC2)[nH]c1=O. The average Bonchev–Trinajstić information content (AvgIpc) is 2.33. The van der Waals surface area contributed by atoms with E-state index in [-0.39, 0.29) is 24.4 Å². The summed E-state index contributed by atoms with van der Waals surface area (Å²) in [6, 6.07) is 0. The van der Waals surface area contributed by atoms with Gasteiger partial charge >= 0.3 is 5.97 Å². The third kappa shape index (κ3) is 2.53. The molecule has 1 heterocycles. The first-order valence-electron chi connectivity index (χ1n) is 6.62. The minimum absolute atomic E-state index is 0.0557. The normalized spacial score (nSPS) is 16.5. The molecule has 7 nitrogen and oxygen atoms in total. The Morgan fingerprint density at radius 2 is 2.20 bits per heavy atom. The first-order valence-corrected chi connectivity index (χ1v) is 6.62. The summed E-state index contributed by atoms with van der Waals surface area (Å²) in [6.07, 6.45) is 2.43. The second-order valence-electron chi connectivity index (χ2n) is 4.81. The number of carbonyl (C=O) groups is 1. The van der Waals surface area contributed by atoms with Gasteiger partial charge in [0.2, 0.25) is 0 Å². The maximum atomic E-state index is 12.1. The van der Waals surface area contributed by atoms with Crippen LogP contribution in [-0.2, 0) is 26.3 Å². The van der Waals surface area contributed by atoms with Crippen LogP contribution in [0.25, 0.3) is 0 Å². The Morgan fingerprint density at radius 1 is 1.50 bits per heavy atom. The van der Waals surface area contributed by atoms with E-state index < -0.39 is 17.1 Å². The molecule has 1 aromatic heterocycles. The van der Waals surface area contributed by atoms with Crippen LogP contribution in [0.5, 0.6) is 0 Å². The predicted molar refractivity (Wildman–Crippen MR) is 72.1 cm³/mol. The van der Waals surface area contributed by atoms with E-state index >= 15 is 0 Å². The van der Waals surface area contributed by atoms with Gasteiger partial charge in [-0.1, -0.05) is 0 Å². The van der Waals surface area contributed by atoms with Gasteiger partial charge in [0.05, 0.1) is 18.6 Å². The average molecular weight is 281 g/mol. The molecule has 1 aromatic rings. The van der Waals surface area contributed by atoms with Crippen LogP contribution in [0.4, 0.5) is 5.82 Å². The molecule has 0 spiro atoms. The number of rotatable bonds is 5. The van der Waals surface area contributed by atoms with Crippen LogP contribution in [0.15, 0.2) is 4.79 Å². The van der Waals surface area contributed by atoms with Gasteiger partial charge in [-0.25, -0.2) is 4.98 Å². The van der Waals surface area contributed by atoms with Crippen LogP contribution < -0.4 is 11.3 Å². The van der Waals surface area contributed by atoms with Crippen LogP contribution in [-0.4, -0.2) is 29.7 Å². The van der Waals surface area contributed by atoms with Crippen molar-refractivity contribution >= 4 is 11.8 Å². The van der Waals surface area contributed by atoms with Crippen LogP contribution in [0.2, 0.25) is 0 Å². The summed E-state index contributed by atoms with van der Waals surface area (Å²) >= 11 is 0. The number of carbonyl (C=O) groups excluding carboxylic acids is 1. The molecule has 0 aliphatic heterocycles. The van der Waals surface area contributed by atoms with Crippen molar-refractivity contribution in [3.63, 3.8) is 0 Å². The van der Waals surface area contributed by atoms with Gasteiger partial charge in [-0.2, -0.15) is 0 Å². The van der Waals surface area contributed by atoms with Crippen molar-refractivity contribution in [1.82, 2.24) is 9.97 Å². The van der Waals surface area contributed by atoms with E-state index in [9.17, 15) is 9.59 Å². The summed E-state index contributed by atoms with van der Waals surface area (Å²) in [5, 5.41) is 0. The Bertz CT molecular complexity index is 558. The molecule has 7 heteroatoms. The van der Waals surface area contributed by atoms with Gasteiger partial charge in [-0.05, 0) is 26.2 Å². The standard InChI is InChI=1S/C13H19N3O4/c1-3-20-9(17)7-8-10(14)15-12(16-11(8)18)13(19-2)5-4-6-13/h3-7H2,1-2H3,(H3,14,15,16,18). The fourth-order valence-corrected chi connectivity index (χ4v) is 2.29. The number of nitrogens with one attached hydrogen (secondary N) is 1. The summed E-state index contributed by atoms with van der Waals surface area (Å²) in [7, 11) is 1.59. The Labute approximate surface area is 116 Å². The van der Waals surface area contributed by atoms with Crippen molar-refractivity contribution in [2.24, 2.45) is 0 Å². The first-order chi connectivity index (χ1) is 9.52. The van der Waals surface area contributed by atoms with Crippen molar-refractivity contribution in [2.75, 3.05) is 19.5 Å². The number of nitrogens with zero attached hydrogens (tertiary/aromatic N) is 1.